The standard InChI is InChI=1S/C17H16N6O2/c18-6-3-7-24-14-5-2-1-4-13(14)15-8-16(23-25-15)22-17-11-20-12(9-19)10-21-17/h1-2,4-5,8,10-11H,3,6-7,18H2,(H,21,22,23). The van der Waals surface area contributed by atoms with E-state index in [1.165, 1.54) is 12.4 Å². The molecule has 0 bridgehead atoms. The maximum Gasteiger partial charge on any atom is 0.175 e. The van der Waals surface area contributed by atoms with Gasteiger partial charge in [-0.15, -0.1) is 0 Å². The van der Waals surface area contributed by atoms with Crippen LogP contribution < -0.4 is 15.8 Å². The summed E-state index contributed by atoms with van der Waals surface area (Å²) < 4.78 is 11.1. The molecule has 0 aliphatic carbocycles. The van der Waals surface area contributed by atoms with Crippen LogP contribution in [0, 0.1) is 11.3 Å². The summed E-state index contributed by atoms with van der Waals surface area (Å²) in [4.78, 5) is 8.02. The van der Waals surface area contributed by atoms with Crippen molar-refractivity contribution in [2.45, 2.75) is 6.42 Å². The predicted octanol–water partition coefficient (Wildman–Crippen LogP) is 2.47. The highest BCUT2D eigenvalue weighted by Crippen LogP contribution is 2.31. The lowest BCUT2D eigenvalue weighted by Crippen LogP contribution is -2.06. The van der Waals surface area contributed by atoms with Crippen molar-refractivity contribution in [3.8, 4) is 23.1 Å². The van der Waals surface area contributed by atoms with Gasteiger partial charge < -0.3 is 20.3 Å². The molecule has 0 saturated carbocycles. The van der Waals surface area contributed by atoms with Gasteiger partial charge in [0.2, 0.25) is 0 Å². The first kappa shape index (κ1) is 16.4. The topological polar surface area (TPSA) is 123 Å². The molecule has 0 amide bonds. The highest BCUT2D eigenvalue weighted by atomic mass is 16.5. The zero-order valence-electron chi connectivity index (χ0n) is 13.3. The molecule has 0 unspecified atom stereocenters. The molecule has 25 heavy (non-hydrogen) atoms. The molecule has 1 aromatic carbocycles. The number of benzene rings is 1. The molecule has 0 aliphatic heterocycles. The number of anilines is 2. The molecule has 0 fully saturated rings. The van der Waals surface area contributed by atoms with Crippen LogP contribution in [0.15, 0.2) is 47.2 Å². The number of nitriles is 1. The molecule has 0 atom stereocenters. The van der Waals surface area contributed by atoms with E-state index in [9.17, 15) is 0 Å². The molecule has 0 saturated heterocycles. The van der Waals surface area contributed by atoms with E-state index in [2.05, 4.69) is 20.4 Å². The van der Waals surface area contributed by atoms with Crippen molar-refractivity contribution in [2.24, 2.45) is 5.73 Å². The molecular weight excluding hydrogens is 320 g/mol. The summed E-state index contributed by atoms with van der Waals surface area (Å²) in [5.41, 5.74) is 6.53. The van der Waals surface area contributed by atoms with Gasteiger partial charge in [0.15, 0.2) is 17.3 Å². The molecule has 8 heteroatoms. The van der Waals surface area contributed by atoms with Gasteiger partial charge in [-0.05, 0) is 25.1 Å². The van der Waals surface area contributed by atoms with Crippen LogP contribution in [-0.2, 0) is 0 Å². The molecule has 3 N–H and O–H groups in total. The summed E-state index contributed by atoms with van der Waals surface area (Å²) in [7, 11) is 0. The second-order valence-corrected chi connectivity index (χ2v) is 5.09. The third kappa shape index (κ3) is 4.10. The van der Waals surface area contributed by atoms with E-state index >= 15 is 0 Å². The van der Waals surface area contributed by atoms with E-state index in [-0.39, 0.29) is 5.69 Å². The van der Waals surface area contributed by atoms with Crippen LogP contribution in [0.25, 0.3) is 11.3 Å². The monoisotopic (exact) mass is 336 g/mol. The first-order valence-corrected chi connectivity index (χ1v) is 7.68. The second-order valence-electron chi connectivity index (χ2n) is 5.09. The molecule has 0 spiro atoms. The molecule has 0 aliphatic rings. The van der Waals surface area contributed by atoms with Gasteiger partial charge in [0.1, 0.15) is 17.6 Å². The smallest absolute Gasteiger partial charge is 0.175 e. The van der Waals surface area contributed by atoms with Gasteiger partial charge >= 0.3 is 0 Å². The highest BCUT2D eigenvalue weighted by molar-refractivity contribution is 5.68. The van der Waals surface area contributed by atoms with Crippen molar-refractivity contribution in [2.75, 3.05) is 18.5 Å². The summed E-state index contributed by atoms with van der Waals surface area (Å²) in [5, 5.41) is 15.7. The zero-order valence-corrected chi connectivity index (χ0v) is 13.3. The Balaban J connectivity index is 1.76. The number of nitrogens with zero attached hydrogens (tertiary/aromatic N) is 4. The van der Waals surface area contributed by atoms with Crippen LogP contribution in [0.2, 0.25) is 0 Å². The molecule has 3 aromatic rings. The fourth-order valence-corrected chi connectivity index (χ4v) is 2.10. The summed E-state index contributed by atoms with van der Waals surface area (Å²) >= 11 is 0. The summed E-state index contributed by atoms with van der Waals surface area (Å²) in [6, 6.07) is 11.2. The Morgan fingerprint density at radius 2 is 2.08 bits per heavy atom. The Hall–Kier alpha value is -3.44. The Bertz CT molecular complexity index is 869. The van der Waals surface area contributed by atoms with Crippen LogP contribution in [0.1, 0.15) is 12.1 Å². The third-order valence-electron chi connectivity index (χ3n) is 3.29. The van der Waals surface area contributed by atoms with Crippen molar-refractivity contribution in [1.82, 2.24) is 15.1 Å². The van der Waals surface area contributed by atoms with Crippen molar-refractivity contribution < 1.29 is 9.26 Å². The van der Waals surface area contributed by atoms with Crippen molar-refractivity contribution in [1.29, 1.82) is 5.26 Å². The molecular formula is C17H16N6O2. The fraction of sp³-hybridized carbons (Fsp3) is 0.176. The largest absolute Gasteiger partial charge is 0.493 e. The first-order valence-electron chi connectivity index (χ1n) is 7.68. The van der Waals surface area contributed by atoms with Gasteiger partial charge in [-0.1, -0.05) is 17.3 Å². The van der Waals surface area contributed by atoms with Crippen LogP contribution >= 0.6 is 0 Å². The fourth-order valence-electron chi connectivity index (χ4n) is 2.10. The Kier molecular flexibility index (Phi) is 5.19. The predicted molar refractivity (Wildman–Crippen MR) is 91.1 cm³/mol. The Morgan fingerprint density at radius 1 is 1.20 bits per heavy atom. The number of para-hydroxylation sites is 1. The van der Waals surface area contributed by atoms with E-state index in [4.69, 9.17) is 20.3 Å². The van der Waals surface area contributed by atoms with Crippen molar-refractivity contribution in [3.05, 3.63) is 48.4 Å². The number of rotatable bonds is 7. The number of nitrogens with one attached hydrogen (secondary N) is 1. The number of aromatic nitrogens is 3. The highest BCUT2D eigenvalue weighted by Gasteiger charge is 2.12. The van der Waals surface area contributed by atoms with Gasteiger partial charge in [0.05, 0.1) is 24.6 Å². The van der Waals surface area contributed by atoms with Crippen LogP contribution in [0.5, 0.6) is 5.75 Å². The van der Waals surface area contributed by atoms with Gasteiger partial charge in [0.25, 0.3) is 0 Å². The number of nitrogens with two attached hydrogens (primary N) is 1. The van der Waals surface area contributed by atoms with Crippen LogP contribution in [0.3, 0.4) is 0 Å². The van der Waals surface area contributed by atoms with Gasteiger partial charge in [0, 0.05) is 6.07 Å². The summed E-state index contributed by atoms with van der Waals surface area (Å²) in [6.07, 6.45) is 3.61. The number of hydrogen-bond donors (Lipinski definition) is 2. The third-order valence-corrected chi connectivity index (χ3v) is 3.29. The zero-order chi connectivity index (χ0) is 17.5. The Labute approximate surface area is 144 Å². The Morgan fingerprint density at radius 3 is 2.84 bits per heavy atom. The average molecular weight is 336 g/mol. The van der Waals surface area contributed by atoms with E-state index < -0.39 is 0 Å². The number of ether oxygens (including phenoxy) is 1. The molecule has 3 rings (SSSR count). The molecule has 126 valence electrons. The van der Waals surface area contributed by atoms with Crippen molar-refractivity contribution in [3.63, 3.8) is 0 Å². The lowest BCUT2D eigenvalue weighted by molar-refractivity contribution is 0.313. The number of hydrogen-bond acceptors (Lipinski definition) is 8. The summed E-state index contributed by atoms with van der Waals surface area (Å²) in [6.45, 7) is 1.11. The van der Waals surface area contributed by atoms with Crippen LogP contribution in [0.4, 0.5) is 11.6 Å². The van der Waals surface area contributed by atoms with E-state index in [0.717, 1.165) is 12.0 Å². The molecule has 8 nitrogen and oxygen atoms in total. The minimum Gasteiger partial charge on any atom is -0.493 e. The van der Waals surface area contributed by atoms with Crippen LogP contribution in [-0.4, -0.2) is 28.3 Å². The van der Waals surface area contributed by atoms with E-state index in [0.29, 0.717) is 36.3 Å². The van der Waals surface area contributed by atoms with E-state index in [1.807, 2.05) is 30.3 Å². The first-order chi connectivity index (χ1) is 12.3. The maximum absolute atomic E-state index is 8.73. The second kappa shape index (κ2) is 7.90. The molecule has 2 aromatic heterocycles. The van der Waals surface area contributed by atoms with E-state index in [1.54, 1.807) is 6.07 Å². The van der Waals surface area contributed by atoms with Gasteiger partial charge in [-0.3, -0.25) is 0 Å². The quantitative estimate of drug-likeness (QED) is 0.631. The maximum atomic E-state index is 8.73. The van der Waals surface area contributed by atoms with Gasteiger partial charge in [-0.25, -0.2) is 9.97 Å². The van der Waals surface area contributed by atoms with Crippen molar-refractivity contribution >= 4 is 11.6 Å². The minimum atomic E-state index is 0.245. The lowest BCUT2D eigenvalue weighted by Gasteiger charge is -2.08. The summed E-state index contributed by atoms with van der Waals surface area (Å²) in [5.74, 6) is 2.21. The minimum absolute atomic E-state index is 0.245. The van der Waals surface area contributed by atoms with Gasteiger partial charge in [-0.2, -0.15) is 5.26 Å². The molecule has 2 heterocycles. The SMILES string of the molecule is N#Cc1cnc(Nc2cc(-c3ccccc3OCCCN)on2)cn1. The lowest BCUT2D eigenvalue weighted by atomic mass is 10.1. The average Bonchev–Trinajstić information content (AvgIpc) is 3.11. The molecule has 0 radical (unpaired) electrons. The normalized spacial score (nSPS) is 10.2.